The molecule has 0 aliphatic heterocycles. The first-order valence-corrected chi connectivity index (χ1v) is 15.9. The van der Waals surface area contributed by atoms with Crippen LogP contribution in [-0.4, -0.2) is 14.1 Å². The Bertz CT molecular complexity index is 2780. The Morgan fingerprint density at radius 3 is 1.79 bits per heavy atom. The van der Waals surface area contributed by atoms with E-state index in [-0.39, 0.29) is 0 Å². The second kappa shape index (κ2) is 10.1. The molecule has 47 heavy (non-hydrogen) atoms. The van der Waals surface area contributed by atoms with E-state index in [9.17, 15) is 0 Å². The number of fused-ring (bicyclic) bond motifs is 7. The van der Waals surface area contributed by atoms with Gasteiger partial charge in [0.2, 0.25) is 5.89 Å². The molecule has 10 aromatic rings. The fourth-order valence-corrected chi connectivity index (χ4v) is 7.27. The van der Waals surface area contributed by atoms with Crippen LogP contribution in [0.25, 0.3) is 88.7 Å². The maximum atomic E-state index is 6.53. The molecule has 10 rings (SSSR count). The predicted octanol–water partition coefficient (Wildman–Crippen LogP) is 11.4. The number of para-hydroxylation sites is 5. The first kappa shape index (κ1) is 25.9. The molecule has 0 spiro atoms. The maximum Gasteiger partial charge on any atom is 0.227 e. The minimum atomic E-state index is 0.618. The Hall–Kier alpha value is -6.39. The van der Waals surface area contributed by atoms with E-state index < -0.39 is 0 Å². The van der Waals surface area contributed by atoms with Crippen LogP contribution in [0.3, 0.4) is 0 Å². The van der Waals surface area contributed by atoms with E-state index in [0.29, 0.717) is 5.89 Å². The van der Waals surface area contributed by atoms with Gasteiger partial charge in [-0.15, -0.1) is 0 Å². The largest absolute Gasteiger partial charge is 0.436 e. The molecule has 0 aliphatic rings. The third kappa shape index (κ3) is 3.92. The quantitative estimate of drug-likeness (QED) is 0.201. The molecule has 3 heterocycles. The number of rotatable bonds is 4. The number of oxazole rings is 1. The van der Waals surface area contributed by atoms with Gasteiger partial charge in [-0.3, -0.25) is 0 Å². The lowest BCUT2D eigenvalue weighted by atomic mass is 10.0. The highest BCUT2D eigenvalue weighted by molar-refractivity contribution is 6.14. The van der Waals surface area contributed by atoms with Crippen LogP contribution in [0.4, 0.5) is 0 Å². The Morgan fingerprint density at radius 1 is 0.426 bits per heavy atom. The number of aromatic nitrogens is 3. The van der Waals surface area contributed by atoms with Gasteiger partial charge in [0.25, 0.3) is 0 Å². The molecule has 0 bridgehead atoms. The second-order valence-electron chi connectivity index (χ2n) is 12.0. The van der Waals surface area contributed by atoms with Crippen molar-refractivity contribution < 1.29 is 4.42 Å². The van der Waals surface area contributed by atoms with E-state index in [1.807, 2.05) is 0 Å². The van der Waals surface area contributed by atoms with Gasteiger partial charge in [-0.25, -0.2) is 4.98 Å². The average molecular weight is 602 g/mol. The minimum Gasteiger partial charge on any atom is -0.436 e. The van der Waals surface area contributed by atoms with Crippen molar-refractivity contribution in [2.45, 2.75) is 0 Å². The summed E-state index contributed by atoms with van der Waals surface area (Å²) in [6.45, 7) is 0. The standard InChI is InChI=1S/C43H27N3O/c1-3-12-30(13-4-1)45-38-20-9-8-17-34(38)36-26-29(23-25-40(36)45)43-44-37-24-22-28(27-41(37)47-43)32-18-11-19-35-33-16-7-10-21-39(33)46(42(32)35)31-14-5-2-6-15-31/h1-27H. The highest BCUT2D eigenvalue weighted by Gasteiger charge is 2.18. The molecular weight excluding hydrogens is 574 g/mol. The van der Waals surface area contributed by atoms with Gasteiger partial charge in [-0.2, -0.15) is 0 Å². The fourth-order valence-electron chi connectivity index (χ4n) is 7.27. The van der Waals surface area contributed by atoms with Gasteiger partial charge < -0.3 is 13.6 Å². The van der Waals surface area contributed by atoms with Crippen LogP contribution in [0.1, 0.15) is 0 Å². The zero-order chi connectivity index (χ0) is 30.9. The lowest BCUT2D eigenvalue weighted by Crippen LogP contribution is -1.95. The summed E-state index contributed by atoms with van der Waals surface area (Å²) in [7, 11) is 0. The monoisotopic (exact) mass is 601 g/mol. The van der Waals surface area contributed by atoms with Gasteiger partial charge in [0.15, 0.2) is 5.58 Å². The maximum absolute atomic E-state index is 6.53. The number of benzene rings is 7. The van der Waals surface area contributed by atoms with Crippen LogP contribution in [0.2, 0.25) is 0 Å². The molecule has 0 atom stereocenters. The van der Waals surface area contributed by atoms with Crippen LogP contribution in [-0.2, 0) is 0 Å². The van der Waals surface area contributed by atoms with Gasteiger partial charge in [0.05, 0.1) is 22.1 Å². The van der Waals surface area contributed by atoms with Gasteiger partial charge in [-0.1, -0.05) is 97.1 Å². The molecule has 4 nitrogen and oxygen atoms in total. The zero-order valence-electron chi connectivity index (χ0n) is 25.3. The van der Waals surface area contributed by atoms with Crippen molar-refractivity contribution in [1.82, 2.24) is 14.1 Å². The second-order valence-corrected chi connectivity index (χ2v) is 12.0. The lowest BCUT2D eigenvalue weighted by molar-refractivity contribution is 0.620. The SMILES string of the molecule is c1ccc(-n2c3ccccc3c3cc(-c4nc5ccc(-c6cccc7c8ccccc8n(-c8ccccc8)c67)cc5o4)ccc32)cc1. The molecule has 0 saturated carbocycles. The number of hydrogen-bond donors (Lipinski definition) is 0. The van der Waals surface area contributed by atoms with Crippen LogP contribution < -0.4 is 0 Å². The lowest BCUT2D eigenvalue weighted by Gasteiger charge is -2.11. The molecule has 0 N–H and O–H groups in total. The molecule has 0 fully saturated rings. The van der Waals surface area contributed by atoms with Gasteiger partial charge in [0, 0.05) is 44.0 Å². The van der Waals surface area contributed by atoms with E-state index in [1.54, 1.807) is 0 Å². The predicted molar refractivity (Wildman–Crippen MR) is 194 cm³/mol. The Morgan fingerprint density at radius 2 is 1.02 bits per heavy atom. The summed E-state index contributed by atoms with van der Waals surface area (Å²) in [6, 6.07) is 57.8. The number of hydrogen-bond acceptors (Lipinski definition) is 2. The van der Waals surface area contributed by atoms with Crippen molar-refractivity contribution >= 4 is 54.7 Å². The van der Waals surface area contributed by atoms with Crippen molar-refractivity contribution in [3.05, 3.63) is 164 Å². The zero-order valence-corrected chi connectivity index (χ0v) is 25.3. The van der Waals surface area contributed by atoms with E-state index in [1.165, 1.54) is 38.1 Å². The summed E-state index contributed by atoms with van der Waals surface area (Å²) in [5, 5.41) is 4.84. The van der Waals surface area contributed by atoms with Crippen LogP contribution in [0.5, 0.6) is 0 Å². The van der Waals surface area contributed by atoms with Crippen molar-refractivity contribution in [1.29, 1.82) is 0 Å². The molecule has 0 unspecified atom stereocenters. The molecule has 4 heteroatoms. The Labute approximate surface area is 270 Å². The summed E-state index contributed by atoms with van der Waals surface area (Å²) in [4.78, 5) is 4.95. The van der Waals surface area contributed by atoms with Crippen molar-refractivity contribution in [2.75, 3.05) is 0 Å². The summed E-state index contributed by atoms with van der Waals surface area (Å²) in [5.74, 6) is 0.618. The smallest absolute Gasteiger partial charge is 0.227 e. The van der Waals surface area contributed by atoms with E-state index in [4.69, 9.17) is 9.40 Å². The van der Waals surface area contributed by atoms with E-state index in [2.05, 4.69) is 173 Å². The molecule has 3 aromatic heterocycles. The first-order chi connectivity index (χ1) is 23.3. The molecule has 7 aromatic carbocycles. The first-order valence-electron chi connectivity index (χ1n) is 15.9. The summed E-state index contributed by atoms with van der Waals surface area (Å²) in [5.41, 5.74) is 11.8. The van der Waals surface area contributed by atoms with Crippen LogP contribution in [0.15, 0.2) is 168 Å². The molecule has 0 amide bonds. The Balaban J connectivity index is 1.13. The molecule has 0 aliphatic carbocycles. The van der Waals surface area contributed by atoms with Gasteiger partial charge in [-0.05, 0) is 72.3 Å². The van der Waals surface area contributed by atoms with Crippen molar-refractivity contribution in [3.8, 4) is 34.0 Å². The Kier molecular flexibility index (Phi) is 5.54. The van der Waals surface area contributed by atoms with E-state index in [0.717, 1.165) is 44.7 Å². The fraction of sp³-hybridized carbons (Fsp3) is 0. The molecule has 0 radical (unpaired) electrons. The topological polar surface area (TPSA) is 35.9 Å². The van der Waals surface area contributed by atoms with Crippen molar-refractivity contribution in [2.24, 2.45) is 0 Å². The number of nitrogens with zero attached hydrogens (tertiary/aromatic N) is 3. The molecule has 220 valence electrons. The average Bonchev–Trinajstić information content (AvgIpc) is 3.82. The minimum absolute atomic E-state index is 0.618. The van der Waals surface area contributed by atoms with Crippen LogP contribution in [0, 0.1) is 0 Å². The normalized spacial score (nSPS) is 11.8. The van der Waals surface area contributed by atoms with Gasteiger partial charge >= 0.3 is 0 Å². The van der Waals surface area contributed by atoms with E-state index >= 15 is 0 Å². The third-order valence-corrected chi connectivity index (χ3v) is 9.34. The summed E-state index contributed by atoms with van der Waals surface area (Å²) < 4.78 is 11.2. The molecular formula is C43H27N3O. The van der Waals surface area contributed by atoms with Gasteiger partial charge in [0.1, 0.15) is 5.52 Å². The highest BCUT2D eigenvalue weighted by Crippen LogP contribution is 2.40. The third-order valence-electron chi connectivity index (χ3n) is 9.34. The summed E-state index contributed by atoms with van der Waals surface area (Å²) >= 11 is 0. The highest BCUT2D eigenvalue weighted by atomic mass is 16.3. The van der Waals surface area contributed by atoms with Crippen LogP contribution >= 0.6 is 0 Å². The summed E-state index contributed by atoms with van der Waals surface area (Å²) in [6.07, 6.45) is 0. The molecule has 0 saturated heterocycles. The van der Waals surface area contributed by atoms with Crippen molar-refractivity contribution in [3.63, 3.8) is 0 Å².